The van der Waals surface area contributed by atoms with E-state index >= 15 is 0 Å². The van der Waals surface area contributed by atoms with E-state index in [0.717, 1.165) is 12.6 Å². The van der Waals surface area contributed by atoms with Gasteiger partial charge in [-0.3, -0.25) is 0 Å². The fourth-order valence-corrected chi connectivity index (χ4v) is 1.89. The summed E-state index contributed by atoms with van der Waals surface area (Å²) in [5, 5.41) is 3.15. The highest BCUT2D eigenvalue weighted by Gasteiger charge is 2.30. The lowest BCUT2D eigenvalue weighted by atomic mass is 10.0. The van der Waals surface area contributed by atoms with Gasteiger partial charge in [-0.15, -0.1) is 0 Å². The summed E-state index contributed by atoms with van der Waals surface area (Å²) in [6.07, 6.45) is -3.80. The quantitative estimate of drug-likeness (QED) is 0.862. The Hall–Kier alpha value is -1.07. The summed E-state index contributed by atoms with van der Waals surface area (Å²) < 4.78 is 43.0. The van der Waals surface area contributed by atoms with Gasteiger partial charge in [0.05, 0.1) is 18.3 Å². The van der Waals surface area contributed by atoms with Crippen LogP contribution in [0.5, 0.6) is 0 Å². The van der Waals surface area contributed by atoms with Gasteiger partial charge < -0.3 is 10.1 Å². The Kier molecular flexibility index (Phi) is 3.69. The van der Waals surface area contributed by atoms with Crippen LogP contribution < -0.4 is 5.32 Å². The second-order valence-corrected chi connectivity index (χ2v) is 4.10. The van der Waals surface area contributed by atoms with Gasteiger partial charge in [0.1, 0.15) is 0 Å². The van der Waals surface area contributed by atoms with E-state index in [2.05, 4.69) is 5.32 Å². The molecule has 0 radical (unpaired) electrons. The Labute approximate surface area is 97.8 Å². The van der Waals surface area contributed by atoms with Crippen molar-refractivity contribution in [2.45, 2.75) is 18.7 Å². The van der Waals surface area contributed by atoms with Crippen molar-refractivity contribution in [3.63, 3.8) is 0 Å². The maximum absolute atomic E-state index is 12.5. The van der Waals surface area contributed by atoms with Crippen molar-refractivity contribution in [2.24, 2.45) is 0 Å². The Morgan fingerprint density at radius 1 is 1.35 bits per heavy atom. The molecular formula is C12H14F3NO. The average Bonchev–Trinajstić information content (AvgIpc) is 2.29. The van der Waals surface area contributed by atoms with Gasteiger partial charge in [-0.05, 0) is 18.1 Å². The molecule has 1 atom stereocenters. The summed E-state index contributed by atoms with van der Waals surface area (Å²) in [7, 11) is 0. The molecule has 17 heavy (non-hydrogen) atoms. The van der Waals surface area contributed by atoms with Gasteiger partial charge >= 0.3 is 6.18 Å². The Morgan fingerprint density at radius 2 is 2.18 bits per heavy atom. The molecule has 1 aromatic carbocycles. The first-order chi connectivity index (χ1) is 8.05. The fraction of sp³-hybridized carbons (Fsp3) is 0.500. The van der Waals surface area contributed by atoms with Crippen molar-refractivity contribution in [3.05, 3.63) is 35.4 Å². The van der Waals surface area contributed by atoms with Crippen LogP contribution in [0.4, 0.5) is 13.2 Å². The van der Waals surface area contributed by atoms with Gasteiger partial charge in [-0.25, -0.2) is 0 Å². The summed E-state index contributed by atoms with van der Waals surface area (Å²) in [6.45, 7) is 2.11. The van der Waals surface area contributed by atoms with Crippen LogP contribution in [0.15, 0.2) is 24.3 Å². The molecule has 1 N–H and O–H groups in total. The van der Waals surface area contributed by atoms with Gasteiger partial charge in [-0.1, -0.05) is 18.2 Å². The molecule has 0 aliphatic carbocycles. The van der Waals surface area contributed by atoms with Crippen LogP contribution in [0.25, 0.3) is 0 Å². The smallest absolute Gasteiger partial charge is 0.375 e. The highest BCUT2D eigenvalue weighted by molar-refractivity contribution is 5.26. The normalized spacial score (nSPS) is 21.5. The minimum atomic E-state index is -4.28. The molecule has 0 bridgehead atoms. The lowest BCUT2D eigenvalue weighted by Crippen LogP contribution is -2.39. The van der Waals surface area contributed by atoms with Crippen molar-refractivity contribution < 1.29 is 17.9 Å². The molecule has 0 aromatic heterocycles. The molecular weight excluding hydrogens is 231 g/mol. The molecule has 0 spiro atoms. The molecule has 5 heteroatoms. The number of nitrogens with one attached hydrogen (secondary N) is 1. The van der Waals surface area contributed by atoms with E-state index in [4.69, 9.17) is 4.74 Å². The number of halogens is 3. The monoisotopic (exact) mass is 245 g/mol. The van der Waals surface area contributed by atoms with Crippen LogP contribution in [0.3, 0.4) is 0 Å². The lowest BCUT2D eigenvalue weighted by molar-refractivity contribution is -0.137. The second kappa shape index (κ2) is 5.06. The highest BCUT2D eigenvalue weighted by Crippen LogP contribution is 2.29. The van der Waals surface area contributed by atoms with Crippen LogP contribution in [0.2, 0.25) is 0 Å². The fourth-order valence-electron chi connectivity index (χ4n) is 1.89. The zero-order valence-corrected chi connectivity index (χ0v) is 9.26. The highest BCUT2D eigenvalue weighted by atomic mass is 19.4. The molecule has 1 saturated heterocycles. The van der Waals surface area contributed by atoms with E-state index in [-0.39, 0.29) is 6.10 Å². The summed E-state index contributed by atoms with van der Waals surface area (Å²) in [5.74, 6) is 0. The topological polar surface area (TPSA) is 21.3 Å². The summed E-state index contributed by atoms with van der Waals surface area (Å²) >= 11 is 0. The van der Waals surface area contributed by atoms with Crippen molar-refractivity contribution in [3.8, 4) is 0 Å². The van der Waals surface area contributed by atoms with Crippen LogP contribution in [-0.2, 0) is 17.3 Å². The first-order valence-corrected chi connectivity index (χ1v) is 5.54. The van der Waals surface area contributed by atoms with Crippen molar-refractivity contribution >= 4 is 0 Å². The third kappa shape index (κ3) is 3.44. The van der Waals surface area contributed by atoms with Crippen LogP contribution in [-0.4, -0.2) is 25.8 Å². The zero-order valence-electron chi connectivity index (χ0n) is 9.26. The van der Waals surface area contributed by atoms with Gasteiger partial charge in [0, 0.05) is 13.1 Å². The predicted molar refractivity (Wildman–Crippen MR) is 57.8 cm³/mol. The molecule has 1 aliphatic rings. The maximum Gasteiger partial charge on any atom is 0.416 e. The van der Waals surface area contributed by atoms with E-state index in [1.54, 1.807) is 6.07 Å². The first kappa shape index (κ1) is 12.4. The number of hydrogen-bond donors (Lipinski definition) is 1. The Morgan fingerprint density at radius 3 is 2.82 bits per heavy atom. The summed E-state index contributed by atoms with van der Waals surface area (Å²) in [4.78, 5) is 0. The number of morpholine rings is 1. The molecule has 1 heterocycles. The van der Waals surface area contributed by atoms with E-state index in [1.807, 2.05) is 0 Å². The van der Waals surface area contributed by atoms with Crippen LogP contribution in [0, 0.1) is 0 Å². The van der Waals surface area contributed by atoms with Gasteiger partial charge in [0.2, 0.25) is 0 Å². The minimum absolute atomic E-state index is 0.0350. The van der Waals surface area contributed by atoms with Crippen molar-refractivity contribution in [1.29, 1.82) is 0 Å². The van der Waals surface area contributed by atoms with E-state index in [0.29, 0.717) is 25.1 Å². The molecule has 1 aliphatic heterocycles. The SMILES string of the molecule is FC(F)(F)c1cccc(CC2CNCCO2)c1. The third-order valence-electron chi connectivity index (χ3n) is 2.72. The molecule has 0 amide bonds. The predicted octanol–water partition coefficient (Wildman–Crippen LogP) is 2.24. The van der Waals surface area contributed by atoms with Crippen molar-refractivity contribution in [1.82, 2.24) is 5.32 Å². The molecule has 94 valence electrons. The molecule has 2 nitrogen and oxygen atoms in total. The number of benzene rings is 1. The van der Waals surface area contributed by atoms with Crippen LogP contribution in [0.1, 0.15) is 11.1 Å². The first-order valence-electron chi connectivity index (χ1n) is 5.54. The molecule has 2 rings (SSSR count). The largest absolute Gasteiger partial charge is 0.416 e. The van der Waals surface area contributed by atoms with E-state index in [9.17, 15) is 13.2 Å². The summed E-state index contributed by atoms with van der Waals surface area (Å²) in [5.41, 5.74) is 0.0623. The number of rotatable bonds is 2. The number of alkyl halides is 3. The van der Waals surface area contributed by atoms with E-state index < -0.39 is 11.7 Å². The van der Waals surface area contributed by atoms with E-state index in [1.165, 1.54) is 12.1 Å². The van der Waals surface area contributed by atoms with Gasteiger partial charge in [-0.2, -0.15) is 13.2 Å². The maximum atomic E-state index is 12.5. The molecule has 1 aromatic rings. The summed E-state index contributed by atoms with van der Waals surface area (Å²) in [6, 6.07) is 5.42. The molecule has 0 saturated carbocycles. The standard InChI is InChI=1S/C12H14F3NO/c13-12(14,15)10-3-1-2-9(6-10)7-11-8-16-4-5-17-11/h1-3,6,11,16H,4-5,7-8H2. The average molecular weight is 245 g/mol. The molecule has 1 fully saturated rings. The van der Waals surface area contributed by atoms with Gasteiger partial charge in [0.25, 0.3) is 0 Å². The third-order valence-corrected chi connectivity index (χ3v) is 2.72. The second-order valence-electron chi connectivity index (χ2n) is 4.10. The number of ether oxygens (including phenoxy) is 1. The van der Waals surface area contributed by atoms with Crippen LogP contribution >= 0.6 is 0 Å². The Bertz CT molecular complexity index is 372. The minimum Gasteiger partial charge on any atom is -0.375 e. The van der Waals surface area contributed by atoms with Gasteiger partial charge in [0.15, 0.2) is 0 Å². The zero-order chi connectivity index (χ0) is 12.3. The van der Waals surface area contributed by atoms with Crippen molar-refractivity contribution in [2.75, 3.05) is 19.7 Å². The number of hydrogen-bond acceptors (Lipinski definition) is 2. The lowest BCUT2D eigenvalue weighted by Gasteiger charge is -2.23. The molecule has 1 unspecified atom stereocenters. The Balaban J connectivity index is 2.05.